The molecule has 0 aromatic heterocycles. The van der Waals surface area contributed by atoms with Gasteiger partial charge in [-0.3, -0.25) is 19.2 Å². The van der Waals surface area contributed by atoms with Crippen molar-refractivity contribution in [2.24, 2.45) is 0 Å². The first kappa shape index (κ1) is 19.4. The molecule has 0 amide bonds. The lowest BCUT2D eigenvalue weighted by atomic mass is 10.3. The summed E-state index contributed by atoms with van der Waals surface area (Å²) in [6.45, 7) is 2.76. The molecule has 0 radical (unpaired) electrons. The fraction of sp³-hybridized carbons (Fsp3) is 0.235. The van der Waals surface area contributed by atoms with Gasteiger partial charge in [0, 0.05) is 12.1 Å². The highest BCUT2D eigenvalue weighted by Gasteiger charge is 2.29. The fourth-order valence-electron chi connectivity index (χ4n) is 2.21. The molecule has 0 saturated carbocycles. The third kappa shape index (κ3) is 4.57. The molecule has 9 heteroatoms. The molecule has 0 unspecified atom stereocenters. The normalized spacial score (nSPS) is 11.2. The number of benzene rings is 2. The standard InChI is InChI=1S/C17H18N2O6S/c1-13(2)25-17(20)12-18(14-7-4-3-5-8-14)26(23,24)16-10-6-9-15(11-16)19(21)22/h3-11,13H,12H2,1-2H3. The van der Waals surface area contributed by atoms with Crippen molar-refractivity contribution in [2.75, 3.05) is 10.8 Å². The number of hydrogen-bond donors (Lipinski definition) is 0. The molecular formula is C17H18N2O6S. The van der Waals surface area contributed by atoms with Crippen LogP contribution in [0.3, 0.4) is 0 Å². The Morgan fingerprint density at radius 3 is 2.38 bits per heavy atom. The number of anilines is 1. The van der Waals surface area contributed by atoms with Gasteiger partial charge < -0.3 is 4.74 Å². The van der Waals surface area contributed by atoms with Crippen LogP contribution in [0.4, 0.5) is 11.4 Å². The summed E-state index contributed by atoms with van der Waals surface area (Å²) in [5.74, 6) is -0.724. The lowest BCUT2D eigenvalue weighted by Gasteiger charge is -2.24. The molecule has 0 aliphatic rings. The van der Waals surface area contributed by atoms with Crippen LogP contribution in [-0.4, -0.2) is 32.0 Å². The summed E-state index contributed by atoms with van der Waals surface area (Å²) >= 11 is 0. The first-order valence-electron chi connectivity index (χ1n) is 7.73. The first-order chi connectivity index (χ1) is 12.2. The van der Waals surface area contributed by atoms with Crippen LogP contribution in [0, 0.1) is 10.1 Å². The molecule has 0 spiro atoms. The van der Waals surface area contributed by atoms with Crippen molar-refractivity contribution in [3.05, 3.63) is 64.7 Å². The van der Waals surface area contributed by atoms with Crippen LogP contribution < -0.4 is 4.31 Å². The van der Waals surface area contributed by atoms with Crippen molar-refractivity contribution in [3.63, 3.8) is 0 Å². The molecule has 0 bridgehead atoms. The summed E-state index contributed by atoms with van der Waals surface area (Å²) in [4.78, 5) is 22.0. The molecule has 0 atom stereocenters. The SMILES string of the molecule is CC(C)OC(=O)CN(c1ccccc1)S(=O)(=O)c1cccc([N+](=O)[O-])c1. The number of para-hydroxylation sites is 1. The van der Waals surface area contributed by atoms with E-state index in [0.29, 0.717) is 0 Å². The number of non-ortho nitro benzene ring substituents is 1. The summed E-state index contributed by atoms with van der Waals surface area (Å²) in [7, 11) is -4.21. The van der Waals surface area contributed by atoms with Gasteiger partial charge in [0.25, 0.3) is 15.7 Å². The van der Waals surface area contributed by atoms with Crippen LogP contribution in [0.15, 0.2) is 59.5 Å². The maximum atomic E-state index is 13.0. The predicted octanol–water partition coefficient (Wildman–Crippen LogP) is 2.74. The van der Waals surface area contributed by atoms with Gasteiger partial charge >= 0.3 is 5.97 Å². The van der Waals surface area contributed by atoms with E-state index >= 15 is 0 Å². The Morgan fingerprint density at radius 2 is 1.81 bits per heavy atom. The Bertz CT molecular complexity index is 896. The first-order valence-corrected chi connectivity index (χ1v) is 9.17. The topological polar surface area (TPSA) is 107 Å². The van der Waals surface area contributed by atoms with Crippen LogP contribution in [0.25, 0.3) is 0 Å². The molecule has 2 aromatic rings. The highest BCUT2D eigenvalue weighted by Crippen LogP contribution is 2.25. The van der Waals surface area contributed by atoms with Gasteiger partial charge in [-0.1, -0.05) is 24.3 Å². The number of nitro groups is 1. The molecular weight excluding hydrogens is 360 g/mol. The van der Waals surface area contributed by atoms with Gasteiger partial charge in [0.15, 0.2) is 0 Å². The van der Waals surface area contributed by atoms with E-state index in [9.17, 15) is 23.3 Å². The number of rotatable bonds is 7. The zero-order valence-corrected chi connectivity index (χ0v) is 15.0. The van der Waals surface area contributed by atoms with Crippen LogP contribution in [0.1, 0.15) is 13.8 Å². The zero-order chi connectivity index (χ0) is 19.3. The lowest BCUT2D eigenvalue weighted by Crippen LogP contribution is -2.37. The lowest BCUT2D eigenvalue weighted by molar-refractivity contribution is -0.385. The minimum absolute atomic E-state index is 0.250. The van der Waals surface area contributed by atoms with Crippen LogP contribution >= 0.6 is 0 Å². The van der Waals surface area contributed by atoms with Crippen molar-refractivity contribution in [1.29, 1.82) is 0 Å². The highest BCUT2D eigenvalue weighted by atomic mass is 32.2. The Labute approximate surface area is 151 Å². The Morgan fingerprint density at radius 1 is 1.15 bits per heavy atom. The number of esters is 1. The second-order valence-electron chi connectivity index (χ2n) is 5.64. The number of ether oxygens (including phenoxy) is 1. The van der Waals surface area contributed by atoms with Crippen LogP contribution in [0.2, 0.25) is 0 Å². The smallest absolute Gasteiger partial charge is 0.327 e. The molecule has 2 aromatic carbocycles. The number of sulfonamides is 1. The van der Waals surface area contributed by atoms with Crippen molar-refractivity contribution in [2.45, 2.75) is 24.8 Å². The van der Waals surface area contributed by atoms with E-state index in [1.165, 1.54) is 30.3 Å². The Balaban J connectivity index is 2.48. The number of nitro benzene ring substituents is 1. The van der Waals surface area contributed by atoms with Crippen LogP contribution in [0.5, 0.6) is 0 Å². The fourth-order valence-corrected chi connectivity index (χ4v) is 3.66. The Hall–Kier alpha value is -2.94. The average molecular weight is 378 g/mol. The molecule has 2 rings (SSSR count). The summed E-state index contributed by atoms with van der Waals surface area (Å²) in [5.41, 5.74) is -0.108. The molecule has 0 aliphatic heterocycles. The largest absolute Gasteiger partial charge is 0.462 e. The summed E-state index contributed by atoms with van der Waals surface area (Å²) in [5, 5.41) is 10.9. The molecule has 0 fully saturated rings. The second-order valence-corrected chi connectivity index (χ2v) is 7.50. The van der Waals surface area contributed by atoms with E-state index in [2.05, 4.69) is 0 Å². The average Bonchev–Trinajstić information content (AvgIpc) is 2.59. The molecule has 26 heavy (non-hydrogen) atoms. The number of hydrogen-bond acceptors (Lipinski definition) is 6. The number of nitrogens with zero attached hydrogens (tertiary/aromatic N) is 2. The molecule has 0 N–H and O–H groups in total. The highest BCUT2D eigenvalue weighted by molar-refractivity contribution is 7.92. The summed E-state index contributed by atoms with van der Waals surface area (Å²) in [6.07, 6.45) is -0.402. The van der Waals surface area contributed by atoms with E-state index in [4.69, 9.17) is 4.74 Å². The minimum atomic E-state index is -4.21. The third-order valence-electron chi connectivity index (χ3n) is 3.30. The number of carbonyl (C=O) groups is 1. The third-order valence-corrected chi connectivity index (χ3v) is 5.07. The van der Waals surface area contributed by atoms with Crippen molar-refractivity contribution in [1.82, 2.24) is 0 Å². The van der Waals surface area contributed by atoms with Gasteiger partial charge in [0.2, 0.25) is 0 Å². The molecule has 8 nitrogen and oxygen atoms in total. The molecule has 138 valence electrons. The molecule has 0 saturated heterocycles. The van der Waals surface area contributed by atoms with E-state index in [1.54, 1.807) is 32.0 Å². The van der Waals surface area contributed by atoms with E-state index in [0.717, 1.165) is 10.4 Å². The van der Waals surface area contributed by atoms with Gasteiger partial charge in [0.1, 0.15) is 6.54 Å². The van der Waals surface area contributed by atoms with Gasteiger partial charge in [0.05, 0.1) is 21.6 Å². The summed E-state index contributed by atoms with van der Waals surface area (Å²) in [6, 6.07) is 12.7. The van der Waals surface area contributed by atoms with Crippen molar-refractivity contribution < 1.29 is 22.9 Å². The Kier molecular flexibility index (Phi) is 5.93. The van der Waals surface area contributed by atoms with Gasteiger partial charge in [-0.05, 0) is 32.0 Å². The second kappa shape index (κ2) is 7.96. The summed E-state index contributed by atoms with van der Waals surface area (Å²) < 4.78 is 32.0. The minimum Gasteiger partial charge on any atom is -0.462 e. The van der Waals surface area contributed by atoms with E-state index < -0.39 is 33.6 Å². The van der Waals surface area contributed by atoms with Gasteiger partial charge in [-0.15, -0.1) is 0 Å². The quantitative estimate of drug-likeness (QED) is 0.416. The van der Waals surface area contributed by atoms with E-state index in [1.807, 2.05) is 0 Å². The van der Waals surface area contributed by atoms with Crippen LogP contribution in [-0.2, 0) is 19.6 Å². The van der Waals surface area contributed by atoms with Crippen molar-refractivity contribution in [3.8, 4) is 0 Å². The maximum Gasteiger partial charge on any atom is 0.327 e. The van der Waals surface area contributed by atoms with Gasteiger partial charge in [-0.2, -0.15) is 0 Å². The molecule has 0 aliphatic carbocycles. The monoisotopic (exact) mass is 378 g/mol. The van der Waals surface area contributed by atoms with E-state index in [-0.39, 0.29) is 16.3 Å². The predicted molar refractivity (Wildman–Crippen MR) is 95.3 cm³/mol. The maximum absolute atomic E-state index is 13.0. The zero-order valence-electron chi connectivity index (χ0n) is 14.2. The number of carbonyl (C=O) groups excluding carboxylic acids is 1. The van der Waals surface area contributed by atoms with Gasteiger partial charge in [-0.25, -0.2) is 8.42 Å². The van der Waals surface area contributed by atoms with Crippen molar-refractivity contribution >= 4 is 27.4 Å². The molecule has 0 heterocycles.